The predicted molar refractivity (Wildman–Crippen MR) is 121 cm³/mol. The molecule has 1 aromatic carbocycles. The number of hydrogen-bond donors (Lipinski definition) is 2. The first-order valence-electron chi connectivity index (χ1n) is 11.6. The number of phenolic OH excluding ortho intramolecular Hbond substituents is 1. The quantitative estimate of drug-likeness (QED) is 0.527. The minimum atomic E-state index is -0.927. The number of aromatic hydroxyl groups is 1. The van der Waals surface area contributed by atoms with Gasteiger partial charge in [-0.2, -0.15) is 0 Å². The Morgan fingerprint density at radius 1 is 1.09 bits per heavy atom. The first-order valence-corrected chi connectivity index (χ1v) is 11.6. The van der Waals surface area contributed by atoms with Gasteiger partial charge in [0.1, 0.15) is 17.8 Å². The van der Waals surface area contributed by atoms with E-state index in [2.05, 4.69) is 5.32 Å². The number of dihydropyridines is 1. The highest BCUT2D eigenvalue weighted by atomic mass is 16.5. The molecule has 2 N–H and O–H groups in total. The third kappa shape index (κ3) is 4.41. The second kappa shape index (κ2) is 9.41. The summed E-state index contributed by atoms with van der Waals surface area (Å²) in [6.45, 7) is 3.67. The van der Waals surface area contributed by atoms with Crippen molar-refractivity contribution in [2.24, 2.45) is 11.8 Å². The van der Waals surface area contributed by atoms with Crippen LogP contribution < -0.4 is 5.32 Å². The van der Waals surface area contributed by atoms with Gasteiger partial charge < -0.3 is 19.9 Å². The Bertz CT molecular complexity index is 1020. The minimum Gasteiger partial charge on any atom is -0.508 e. The molecule has 7 heteroatoms. The van der Waals surface area contributed by atoms with Gasteiger partial charge in [0.05, 0.1) is 12.7 Å². The summed E-state index contributed by atoms with van der Waals surface area (Å²) in [6, 6.07) is 6.47. The van der Waals surface area contributed by atoms with E-state index in [9.17, 15) is 19.5 Å². The Balaban J connectivity index is 1.77. The smallest absolute Gasteiger partial charge is 0.337 e. The molecule has 1 aromatic rings. The van der Waals surface area contributed by atoms with Crippen LogP contribution in [0.1, 0.15) is 63.9 Å². The highest BCUT2D eigenvalue weighted by Crippen LogP contribution is 2.46. The van der Waals surface area contributed by atoms with Crippen LogP contribution in [-0.2, 0) is 23.9 Å². The fourth-order valence-electron chi connectivity index (χ4n) is 5.35. The highest BCUT2D eigenvalue weighted by molar-refractivity contribution is 6.12. The van der Waals surface area contributed by atoms with E-state index in [0.29, 0.717) is 28.8 Å². The van der Waals surface area contributed by atoms with Crippen molar-refractivity contribution >= 4 is 17.7 Å². The zero-order valence-electron chi connectivity index (χ0n) is 19.3. The third-order valence-corrected chi connectivity index (χ3v) is 7.02. The number of carbonyl (C=O) groups is 3. The van der Waals surface area contributed by atoms with Gasteiger partial charge in [-0.15, -0.1) is 0 Å². The normalized spacial score (nSPS) is 25.9. The number of ketones is 1. The average Bonchev–Trinajstić information content (AvgIpc) is 2.79. The van der Waals surface area contributed by atoms with Gasteiger partial charge in [-0.3, -0.25) is 9.59 Å². The van der Waals surface area contributed by atoms with Crippen molar-refractivity contribution in [1.82, 2.24) is 5.32 Å². The summed E-state index contributed by atoms with van der Waals surface area (Å²) in [5.41, 5.74) is 2.82. The molecule has 1 aliphatic heterocycles. The lowest BCUT2D eigenvalue weighted by Crippen LogP contribution is -2.43. The van der Waals surface area contributed by atoms with Crippen LogP contribution in [0.2, 0.25) is 0 Å². The Kier molecular flexibility index (Phi) is 6.58. The van der Waals surface area contributed by atoms with Gasteiger partial charge in [-0.1, -0.05) is 25.5 Å². The number of allylic oxidation sites excluding steroid dienone is 3. The SMILES string of the molecule is COC(=O)[C@H]1C(=O)C2=C(C[C@@H]1C)NC(C)=C(C(=O)OC1CCCCC1)[C@@H]2c1ccc(O)cc1. The van der Waals surface area contributed by atoms with Crippen LogP contribution in [0.5, 0.6) is 5.75 Å². The predicted octanol–water partition coefficient (Wildman–Crippen LogP) is 3.88. The van der Waals surface area contributed by atoms with Gasteiger partial charge >= 0.3 is 11.9 Å². The topological polar surface area (TPSA) is 102 Å². The van der Waals surface area contributed by atoms with Crippen LogP contribution in [0.3, 0.4) is 0 Å². The van der Waals surface area contributed by atoms with E-state index in [-0.39, 0.29) is 23.6 Å². The molecule has 2 aliphatic carbocycles. The number of nitrogens with one attached hydrogen (secondary N) is 1. The number of Topliss-reactive ketones (excluding diaryl/α,β-unsaturated/α-hetero) is 1. The lowest BCUT2D eigenvalue weighted by molar-refractivity contribution is -0.151. The summed E-state index contributed by atoms with van der Waals surface area (Å²) in [4.78, 5) is 39.6. The van der Waals surface area contributed by atoms with Gasteiger partial charge in [0.2, 0.25) is 0 Å². The van der Waals surface area contributed by atoms with Crippen molar-refractivity contribution in [2.45, 2.75) is 64.4 Å². The van der Waals surface area contributed by atoms with E-state index in [0.717, 1.165) is 37.8 Å². The van der Waals surface area contributed by atoms with E-state index >= 15 is 0 Å². The second-order valence-electron chi connectivity index (χ2n) is 9.29. The molecule has 0 radical (unpaired) electrons. The number of esters is 2. The highest BCUT2D eigenvalue weighted by Gasteiger charge is 2.47. The molecular weight excluding hydrogens is 422 g/mol. The van der Waals surface area contributed by atoms with Gasteiger partial charge in [-0.25, -0.2) is 4.79 Å². The number of phenols is 1. The summed E-state index contributed by atoms with van der Waals surface area (Å²) in [7, 11) is 1.28. The van der Waals surface area contributed by atoms with E-state index in [1.807, 2.05) is 13.8 Å². The van der Waals surface area contributed by atoms with Crippen LogP contribution in [0.15, 0.2) is 46.8 Å². The number of benzene rings is 1. The Morgan fingerprint density at radius 3 is 2.39 bits per heavy atom. The largest absolute Gasteiger partial charge is 0.508 e. The summed E-state index contributed by atoms with van der Waals surface area (Å²) >= 11 is 0. The zero-order valence-corrected chi connectivity index (χ0v) is 19.3. The van der Waals surface area contributed by atoms with Crippen molar-refractivity contribution in [2.75, 3.05) is 7.11 Å². The molecule has 1 heterocycles. The van der Waals surface area contributed by atoms with Gasteiger partial charge in [0.15, 0.2) is 5.78 Å². The molecule has 176 valence electrons. The molecule has 33 heavy (non-hydrogen) atoms. The van der Waals surface area contributed by atoms with Crippen LogP contribution in [0.25, 0.3) is 0 Å². The molecule has 0 bridgehead atoms. The third-order valence-electron chi connectivity index (χ3n) is 7.02. The molecule has 7 nitrogen and oxygen atoms in total. The Hall–Kier alpha value is -3.09. The molecule has 0 saturated heterocycles. The molecule has 4 rings (SSSR count). The lowest BCUT2D eigenvalue weighted by Gasteiger charge is -2.38. The van der Waals surface area contributed by atoms with Crippen LogP contribution >= 0.6 is 0 Å². The standard InChI is InChI=1S/C26H31NO6/c1-14-13-19-23(24(29)20(14)25(30)32-3)22(16-9-11-17(28)12-10-16)21(15(2)27-19)26(31)33-18-7-5-4-6-8-18/h9-12,14,18,20,22,27-28H,4-8,13H2,1-3H3/t14-,20+,22-/m0/s1. The van der Waals surface area contributed by atoms with Crippen LogP contribution in [0, 0.1) is 11.8 Å². The maximum atomic E-state index is 13.7. The van der Waals surface area contributed by atoms with Crippen molar-refractivity contribution in [3.63, 3.8) is 0 Å². The maximum absolute atomic E-state index is 13.7. The van der Waals surface area contributed by atoms with Gasteiger partial charge in [-0.05, 0) is 62.6 Å². The zero-order chi connectivity index (χ0) is 23.7. The second-order valence-corrected chi connectivity index (χ2v) is 9.29. The fraction of sp³-hybridized carbons (Fsp3) is 0.500. The van der Waals surface area contributed by atoms with E-state index in [4.69, 9.17) is 9.47 Å². The average molecular weight is 454 g/mol. The van der Waals surface area contributed by atoms with Gasteiger partial charge in [0, 0.05) is 22.9 Å². The van der Waals surface area contributed by atoms with Gasteiger partial charge in [0.25, 0.3) is 0 Å². The summed E-state index contributed by atoms with van der Waals surface area (Å²) in [5, 5.41) is 13.1. The number of methoxy groups -OCH3 is 1. The first kappa shape index (κ1) is 23.1. The van der Waals surface area contributed by atoms with Crippen molar-refractivity contribution in [1.29, 1.82) is 0 Å². The van der Waals surface area contributed by atoms with Crippen molar-refractivity contribution < 1.29 is 29.0 Å². The molecular formula is C26H31NO6. The number of rotatable bonds is 4. The number of ether oxygens (including phenoxy) is 2. The van der Waals surface area contributed by atoms with Crippen LogP contribution in [0.4, 0.5) is 0 Å². The summed E-state index contributed by atoms with van der Waals surface area (Å²) in [5.74, 6) is -3.12. The number of hydrogen-bond acceptors (Lipinski definition) is 7. The molecule has 0 aromatic heterocycles. The van der Waals surface area contributed by atoms with Crippen molar-refractivity contribution in [3.8, 4) is 5.75 Å². The van der Waals surface area contributed by atoms with E-state index in [1.54, 1.807) is 12.1 Å². The molecule has 3 atom stereocenters. The molecule has 0 unspecified atom stereocenters. The molecule has 0 amide bonds. The van der Waals surface area contributed by atoms with E-state index < -0.39 is 23.8 Å². The minimum absolute atomic E-state index is 0.0879. The molecule has 0 spiro atoms. The number of carbonyl (C=O) groups excluding carboxylic acids is 3. The fourth-order valence-corrected chi connectivity index (χ4v) is 5.35. The first-order chi connectivity index (χ1) is 15.8. The molecule has 1 fully saturated rings. The van der Waals surface area contributed by atoms with Crippen LogP contribution in [-0.4, -0.2) is 36.0 Å². The monoisotopic (exact) mass is 453 g/mol. The lowest BCUT2D eigenvalue weighted by atomic mass is 9.69. The maximum Gasteiger partial charge on any atom is 0.337 e. The Morgan fingerprint density at radius 2 is 1.76 bits per heavy atom. The summed E-state index contributed by atoms with van der Waals surface area (Å²) in [6.07, 6.45) is 5.23. The Labute approximate surface area is 193 Å². The summed E-state index contributed by atoms with van der Waals surface area (Å²) < 4.78 is 10.8. The van der Waals surface area contributed by atoms with Crippen molar-refractivity contribution in [3.05, 3.63) is 52.4 Å². The molecule has 1 saturated carbocycles. The van der Waals surface area contributed by atoms with E-state index in [1.165, 1.54) is 19.2 Å². The molecule has 3 aliphatic rings.